The molecule has 0 unspecified atom stereocenters. The minimum absolute atomic E-state index is 0.0296. The lowest BCUT2D eigenvalue weighted by atomic mass is 9.93. The highest BCUT2D eigenvalue weighted by Gasteiger charge is 2.28. The Morgan fingerprint density at radius 1 is 1.16 bits per heavy atom. The van der Waals surface area contributed by atoms with Crippen LogP contribution in [0.2, 0.25) is 0 Å². The molecule has 1 rings (SSSR count). The summed E-state index contributed by atoms with van der Waals surface area (Å²) < 4.78 is 26.3. The Bertz CT molecular complexity index is 443. The largest absolute Gasteiger partial charge is 0.335 e. The Balaban J connectivity index is 3.00. The van der Waals surface area contributed by atoms with Gasteiger partial charge >= 0.3 is 0 Å². The lowest BCUT2D eigenvalue weighted by molar-refractivity contribution is -0.142. The summed E-state index contributed by atoms with van der Waals surface area (Å²) >= 11 is 0. The Morgan fingerprint density at radius 3 is 2.00 bits per heavy atom. The molecule has 1 aromatic rings. The molecule has 1 aromatic carbocycles. The minimum Gasteiger partial charge on any atom is -0.335 e. The highest BCUT2D eigenvalue weighted by atomic mass is 19.1. The van der Waals surface area contributed by atoms with Gasteiger partial charge in [-0.25, -0.2) is 8.78 Å². The van der Waals surface area contributed by atoms with Gasteiger partial charge in [0.25, 0.3) is 0 Å². The van der Waals surface area contributed by atoms with Crippen LogP contribution in [0, 0.1) is 17.0 Å². The molecule has 4 heteroatoms. The van der Waals surface area contributed by atoms with Gasteiger partial charge in [-0.05, 0) is 31.5 Å². The van der Waals surface area contributed by atoms with E-state index in [0.717, 1.165) is 6.07 Å². The minimum atomic E-state index is -0.623. The molecule has 0 aliphatic heterocycles. The fourth-order valence-electron chi connectivity index (χ4n) is 1.82. The van der Waals surface area contributed by atoms with Crippen molar-refractivity contribution in [2.24, 2.45) is 5.41 Å². The molecule has 0 spiro atoms. The second-order valence-electron chi connectivity index (χ2n) is 6.05. The first-order valence-electron chi connectivity index (χ1n) is 6.37. The molecule has 0 aliphatic carbocycles. The van der Waals surface area contributed by atoms with E-state index in [1.54, 1.807) is 4.90 Å². The van der Waals surface area contributed by atoms with Crippen molar-refractivity contribution < 1.29 is 13.6 Å². The smallest absolute Gasteiger partial charge is 0.228 e. The predicted octanol–water partition coefficient (Wildman–Crippen LogP) is 3.75. The number of nitrogens with zero attached hydrogens (tertiary/aromatic N) is 1. The molecule has 0 aromatic heterocycles. The number of benzene rings is 1. The third-order valence-electron chi connectivity index (χ3n) is 2.80. The maximum absolute atomic E-state index is 13.2. The van der Waals surface area contributed by atoms with Crippen LogP contribution in [0.1, 0.15) is 40.2 Å². The van der Waals surface area contributed by atoms with Crippen molar-refractivity contribution >= 4 is 5.91 Å². The predicted molar refractivity (Wildman–Crippen MR) is 71.5 cm³/mol. The van der Waals surface area contributed by atoms with Crippen LogP contribution in [0.5, 0.6) is 0 Å². The number of carbonyl (C=O) groups excluding carboxylic acids is 1. The molecule has 0 fully saturated rings. The molecule has 1 amide bonds. The first-order chi connectivity index (χ1) is 8.61. The summed E-state index contributed by atoms with van der Waals surface area (Å²) in [5.74, 6) is -1.28. The van der Waals surface area contributed by atoms with Crippen molar-refractivity contribution in [1.29, 1.82) is 0 Å². The van der Waals surface area contributed by atoms with Gasteiger partial charge in [0.1, 0.15) is 11.6 Å². The fourth-order valence-corrected chi connectivity index (χ4v) is 1.82. The van der Waals surface area contributed by atoms with Crippen molar-refractivity contribution in [2.75, 3.05) is 0 Å². The topological polar surface area (TPSA) is 20.3 Å². The molecule has 0 atom stereocenters. The van der Waals surface area contributed by atoms with E-state index in [-0.39, 0.29) is 18.5 Å². The second kappa shape index (κ2) is 5.68. The van der Waals surface area contributed by atoms with E-state index in [4.69, 9.17) is 0 Å². The molecule has 19 heavy (non-hydrogen) atoms. The highest BCUT2D eigenvalue weighted by Crippen LogP contribution is 2.21. The summed E-state index contributed by atoms with van der Waals surface area (Å²) in [6, 6.07) is 3.32. The summed E-state index contributed by atoms with van der Waals surface area (Å²) in [7, 11) is 0. The van der Waals surface area contributed by atoms with E-state index in [0.29, 0.717) is 5.56 Å². The highest BCUT2D eigenvalue weighted by molar-refractivity contribution is 5.81. The lowest BCUT2D eigenvalue weighted by Crippen LogP contribution is -2.43. The van der Waals surface area contributed by atoms with Crippen molar-refractivity contribution in [1.82, 2.24) is 4.90 Å². The van der Waals surface area contributed by atoms with Crippen molar-refractivity contribution in [3.8, 4) is 0 Å². The van der Waals surface area contributed by atoms with Gasteiger partial charge in [0.2, 0.25) is 5.91 Å². The Labute approximate surface area is 113 Å². The van der Waals surface area contributed by atoms with Crippen molar-refractivity contribution in [3.63, 3.8) is 0 Å². The van der Waals surface area contributed by atoms with Crippen LogP contribution in [0.25, 0.3) is 0 Å². The summed E-state index contributed by atoms with van der Waals surface area (Å²) in [4.78, 5) is 14.0. The molecule has 0 N–H and O–H groups in total. The van der Waals surface area contributed by atoms with Crippen molar-refractivity contribution in [3.05, 3.63) is 35.4 Å². The molecular weight excluding hydrogens is 248 g/mol. The third kappa shape index (κ3) is 4.30. The summed E-state index contributed by atoms with van der Waals surface area (Å²) in [6.07, 6.45) is 0. The van der Waals surface area contributed by atoms with Crippen LogP contribution in [-0.4, -0.2) is 16.8 Å². The van der Waals surface area contributed by atoms with Crippen LogP contribution >= 0.6 is 0 Å². The fraction of sp³-hybridized carbons (Fsp3) is 0.533. The zero-order valence-electron chi connectivity index (χ0n) is 12.1. The second-order valence-corrected chi connectivity index (χ2v) is 6.05. The van der Waals surface area contributed by atoms with Crippen molar-refractivity contribution in [2.45, 2.75) is 47.2 Å². The van der Waals surface area contributed by atoms with E-state index in [1.807, 2.05) is 34.6 Å². The van der Waals surface area contributed by atoms with E-state index < -0.39 is 17.0 Å². The van der Waals surface area contributed by atoms with Gasteiger partial charge in [-0.1, -0.05) is 20.8 Å². The number of hydrogen-bond donors (Lipinski definition) is 0. The van der Waals surface area contributed by atoms with Crippen LogP contribution in [0.3, 0.4) is 0 Å². The zero-order valence-corrected chi connectivity index (χ0v) is 12.1. The van der Waals surface area contributed by atoms with Crippen LogP contribution < -0.4 is 0 Å². The van der Waals surface area contributed by atoms with Gasteiger partial charge < -0.3 is 4.90 Å². The first kappa shape index (κ1) is 15.6. The summed E-state index contributed by atoms with van der Waals surface area (Å²) in [5, 5.41) is 0. The monoisotopic (exact) mass is 269 g/mol. The third-order valence-corrected chi connectivity index (χ3v) is 2.80. The van der Waals surface area contributed by atoms with Crippen LogP contribution in [-0.2, 0) is 11.3 Å². The Morgan fingerprint density at radius 2 is 1.63 bits per heavy atom. The normalized spacial score (nSPS) is 11.8. The SMILES string of the molecule is CC(C)N(Cc1cc(F)cc(F)c1)C(=O)C(C)(C)C. The van der Waals surface area contributed by atoms with E-state index in [2.05, 4.69) is 0 Å². The maximum Gasteiger partial charge on any atom is 0.228 e. The molecule has 106 valence electrons. The molecular formula is C15H21F2NO. The number of hydrogen-bond acceptors (Lipinski definition) is 1. The molecule has 0 aliphatic rings. The van der Waals surface area contributed by atoms with Gasteiger partial charge in [0.15, 0.2) is 0 Å². The molecule has 0 saturated carbocycles. The molecule has 0 bridgehead atoms. The average Bonchev–Trinajstić information content (AvgIpc) is 2.21. The van der Waals surface area contributed by atoms with E-state index in [9.17, 15) is 13.6 Å². The lowest BCUT2D eigenvalue weighted by Gasteiger charge is -2.32. The van der Waals surface area contributed by atoms with Gasteiger partial charge in [-0.2, -0.15) is 0 Å². The number of halogens is 2. The van der Waals surface area contributed by atoms with E-state index >= 15 is 0 Å². The molecule has 0 heterocycles. The molecule has 0 radical (unpaired) electrons. The van der Waals surface area contributed by atoms with Gasteiger partial charge in [-0.15, -0.1) is 0 Å². The summed E-state index contributed by atoms with van der Waals surface area (Å²) in [5.41, 5.74) is -0.0559. The Kier molecular flexibility index (Phi) is 4.66. The number of rotatable bonds is 3. The number of amides is 1. The van der Waals surface area contributed by atoms with Gasteiger partial charge in [0, 0.05) is 24.1 Å². The molecule has 2 nitrogen and oxygen atoms in total. The van der Waals surface area contributed by atoms with E-state index in [1.165, 1.54) is 12.1 Å². The van der Waals surface area contributed by atoms with Gasteiger partial charge in [-0.3, -0.25) is 4.79 Å². The standard InChI is InChI=1S/C15H21F2NO/c1-10(2)18(14(19)15(3,4)5)9-11-6-12(16)8-13(17)7-11/h6-8,10H,9H2,1-5H3. The zero-order chi connectivity index (χ0) is 14.8. The maximum atomic E-state index is 13.2. The number of carbonyl (C=O) groups is 1. The quantitative estimate of drug-likeness (QED) is 0.818. The molecule has 0 saturated heterocycles. The van der Waals surface area contributed by atoms with Gasteiger partial charge in [0.05, 0.1) is 0 Å². The Hall–Kier alpha value is -1.45. The summed E-state index contributed by atoms with van der Waals surface area (Å²) in [6.45, 7) is 9.48. The van der Waals surface area contributed by atoms with Crippen LogP contribution in [0.15, 0.2) is 18.2 Å². The first-order valence-corrected chi connectivity index (χ1v) is 6.37. The van der Waals surface area contributed by atoms with Crippen LogP contribution in [0.4, 0.5) is 8.78 Å². The average molecular weight is 269 g/mol.